The molecule has 2 atom stereocenters. The Morgan fingerprint density at radius 3 is 0.944 bits per heavy atom. The van der Waals surface area contributed by atoms with E-state index < -0.39 is 34.8 Å². The van der Waals surface area contributed by atoms with Crippen LogP contribution in [0.4, 0.5) is 0 Å². The van der Waals surface area contributed by atoms with Gasteiger partial charge in [0, 0.05) is 0 Å². The van der Waals surface area contributed by atoms with E-state index in [1.165, 1.54) is 0 Å². The Morgan fingerprint density at radius 1 is 0.556 bits per heavy atom. The van der Waals surface area contributed by atoms with Crippen molar-refractivity contribution in [2.75, 3.05) is 0 Å². The Bertz CT molecular complexity index is 809. The number of halogens is 2. The zero-order chi connectivity index (χ0) is 26.8. The van der Waals surface area contributed by atoms with Gasteiger partial charge in [-0.1, -0.05) is 0 Å². The number of hydrogen-bond acceptors (Lipinski definition) is 2. The number of rotatable bonds is 6. The van der Waals surface area contributed by atoms with Crippen LogP contribution in [0, 0.1) is 11.8 Å². The summed E-state index contributed by atoms with van der Waals surface area (Å²) in [5, 5.41) is 0. The maximum absolute atomic E-state index is 3.99. The largest absolute Gasteiger partial charge is 1.00 e. The van der Waals surface area contributed by atoms with Crippen LogP contribution in [-0.2, 0) is 34.8 Å². The van der Waals surface area contributed by atoms with Crippen molar-refractivity contribution < 1.29 is 59.6 Å². The summed E-state index contributed by atoms with van der Waals surface area (Å²) in [6.45, 7) is 37.6. The van der Waals surface area contributed by atoms with Gasteiger partial charge in [0.05, 0.1) is 0 Å². The van der Waals surface area contributed by atoms with Gasteiger partial charge in [-0.05, 0) is 0 Å². The molecule has 2 aliphatic carbocycles. The van der Waals surface area contributed by atoms with Crippen LogP contribution in [0.15, 0.2) is 41.2 Å². The molecule has 8 heteroatoms. The molecule has 0 radical (unpaired) electrons. The second-order valence-corrected chi connectivity index (χ2v) is 31.9. The van der Waals surface area contributed by atoms with Gasteiger partial charge in [0.2, 0.25) is 0 Å². The molecule has 2 aliphatic rings. The van der Waals surface area contributed by atoms with Crippen molar-refractivity contribution in [3.05, 3.63) is 41.2 Å². The van der Waals surface area contributed by atoms with Crippen LogP contribution in [0.25, 0.3) is 0 Å². The Balaban J connectivity index is 0. The quantitative estimate of drug-likeness (QED) is 0.415. The molecule has 208 valence electrons. The van der Waals surface area contributed by atoms with Gasteiger partial charge in [-0.25, -0.2) is 0 Å². The summed E-state index contributed by atoms with van der Waals surface area (Å²) in [4.78, 5) is 0. The molecule has 0 amide bonds. The number of nitrogens with one attached hydrogen (secondary N) is 2. The number of allylic oxidation sites excluding steroid dienone is 8. The third-order valence-corrected chi connectivity index (χ3v) is 28.2. The molecule has 2 unspecified atom stereocenters. The smallest absolute Gasteiger partial charge is 1.00 e. The molecular formula is C28H56Cl2N2Si2Ti2. The van der Waals surface area contributed by atoms with E-state index in [-0.39, 0.29) is 50.7 Å². The van der Waals surface area contributed by atoms with E-state index in [1.54, 1.807) is 33.4 Å². The first-order valence-corrected chi connectivity index (χ1v) is 27.4. The fourth-order valence-electron chi connectivity index (χ4n) is 5.30. The van der Waals surface area contributed by atoms with Crippen molar-refractivity contribution in [2.24, 2.45) is 11.8 Å². The van der Waals surface area contributed by atoms with E-state index in [2.05, 4.69) is 118 Å². The maximum atomic E-state index is 3.99. The molecule has 0 aliphatic heterocycles. The average Bonchev–Trinajstić information content (AvgIpc) is 3.03. The Morgan fingerprint density at radius 2 is 0.806 bits per heavy atom. The number of hydrogen-bond donors (Lipinski definition) is 2. The Hall–Kier alpha value is 1.32. The van der Waals surface area contributed by atoms with Crippen LogP contribution in [0.2, 0.25) is 13.1 Å². The summed E-state index contributed by atoms with van der Waals surface area (Å²) in [6.07, 6.45) is 0. The van der Waals surface area contributed by atoms with E-state index in [0.717, 1.165) is 0 Å². The zero-order valence-electron chi connectivity index (χ0n) is 26.3. The molecule has 0 heterocycles. The third kappa shape index (κ3) is 10.4. The van der Waals surface area contributed by atoms with Crippen LogP contribution in [0.5, 0.6) is 0 Å². The first kappa shape index (κ1) is 39.5. The molecule has 0 aromatic heterocycles. The minimum absolute atomic E-state index is 0. The summed E-state index contributed by atoms with van der Waals surface area (Å²) >= 11 is -2.32. The van der Waals surface area contributed by atoms with E-state index in [1.807, 2.05) is 7.76 Å². The van der Waals surface area contributed by atoms with Crippen LogP contribution in [-0.4, -0.2) is 25.8 Å². The van der Waals surface area contributed by atoms with E-state index in [4.69, 9.17) is 0 Å². The Kier molecular flexibility index (Phi) is 17.5. The predicted molar refractivity (Wildman–Crippen MR) is 155 cm³/mol. The first-order valence-electron chi connectivity index (χ1n) is 13.4. The fourth-order valence-corrected chi connectivity index (χ4v) is 28.3. The monoisotopic (exact) mass is 642 g/mol. The minimum atomic E-state index is -1.16. The van der Waals surface area contributed by atoms with Gasteiger partial charge < -0.3 is 24.8 Å². The molecule has 36 heavy (non-hydrogen) atoms. The van der Waals surface area contributed by atoms with E-state index >= 15 is 0 Å². The van der Waals surface area contributed by atoms with Crippen LogP contribution in [0.3, 0.4) is 0 Å². The summed E-state index contributed by atoms with van der Waals surface area (Å²) in [6, 6.07) is 0. The molecule has 0 saturated heterocycles. The second kappa shape index (κ2) is 15.9. The van der Waals surface area contributed by atoms with E-state index in [9.17, 15) is 0 Å². The zero-order valence-corrected chi connectivity index (χ0v) is 33.8. The standard InChI is InChI=1S/2C9H13.2C4H10N.2CH5Si.2ClH.2Ti/c2*1-6-5-7(2)9(4)8(6)3;2*1-4(2,3)5;2*1-2;;;;/h2*6H,1-4H3;2*5H,1-3H3;2*2H2,1H3;2*1H;;/q;;2*-1;;;;;2*+2/p-2. The van der Waals surface area contributed by atoms with Crippen molar-refractivity contribution in [3.63, 3.8) is 0 Å². The van der Waals surface area contributed by atoms with Gasteiger partial charge in [-0.2, -0.15) is 0 Å². The van der Waals surface area contributed by atoms with Gasteiger partial charge in [-0.15, -0.1) is 0 Å². The van der Waals surface area contributed by atoms with E-state index in [0.29, 0.717) is 11.8 Å². The SMILES string of the molecule is C[SiH2][Ti+]([NH]C(C)(C)C)[C]1=C(C)C(C)=C(C)C1C.C[SiH2][Ti+]([NH]C(C)(C)C)[C]1=C(C)C(C)=C(C)C1C.[Cl-].[Cl-]. The van der Waals surface area contributed by atoms with Crippen molar-refractivity contribution in [3.8, 4) is 0 Å². The molecule has 2 nitrogen and oxygen atoms in total. The van der Waals surface area contributed by atoms with Crippen molar-refractivity contribution in [2.45, 2.75) is 121 Å². The van der Waals surface area contributed by atoms with Crippen LogP contribution in [0.1, 0.15) is 96.9 Å². The fraction of sp³-hybridized carbons (Fsp3) is 0.714. The van der Waals surface area contributed by atoms with Gasteiger partial charge >= 0.3 is 231 Å². The van der Waals surface area contributed by atoms with Crippen LogP contribution >= 0.6 is 0 Å². The van der Waals surface area contributed by atoms with Crippen molar-refractivity contribution in [1.29, 1.82) is 0 Å². The van der Waals surface area contributed by atoms with Gasteiger partial charge in [0.15, 0.2) is 0 Å². The second-order valence-electron chi connectivity index (χ2n) is 12.6. The summed E-state index contributed by atoms with van der Waals surface area (Å²) < 4.78 is 11.7. The predicted octanol–water partition coefficient (Wildman–Crippen LogP) is 0.607. The molecule has 2 N–H and O–H groups in total. The molecule has 0 aromatic rings. The molecule has 0 spiro atoms. The summed E-state index contributed by atoms with van der Waals surface area (Å²) in [7, 11) is 0.162. The molecule has 0 fully saturated rings. The molecule has 0 aromatic carbocycles. The topological polar surface area (TPSA) is 24.1 Å². The molecule has 2 rings (SSSR count). The van der Waals surface area contributed by atoms with Gasteiger partial charge in [0.25, 0.3) is 0 Å². The molecule has 0 bridgehead atoms. The van der Waals surface area contributed by atoms with Crippen LogP contribution < -0.4 is 32.4 Å². The first-order chi connectivity index (χ1) is 15.4. The van der Waals surface area contributed by atoms with Crippen molar-refractivity contribution >= 4 is 14.8 Å². The third-order valence-electron chi connectivity index (χ3n) is 7.69. The summed E-state index contributed by atoms with van der Waals surface area (Å²) in [5.74, 6) is 1.43. The van der Waals surface area contributed by atoms with Crippen molar-refractivity contribution in [1.82, 2.24) is 7.60 Å². The summed E-state index contributed by atoms with van der Waals surface area (Å²) in [5.41, 5.74) is 10.2. The normalized spacial score (nSPS) is 21.0. The van der Waals surface area contributed by atoms with Gasteiger partial charge in [0.1, 0.15) is 0 Å². The van der Waals surface area contributed by atoms with Gasteiger partial charge in [-0.3, -0.25) is 0 Å². The minimum Gasteiger partial charge on any atom is -1.00 e. The molecule has 0 saturated carbocycles. The Labute approximate surface area is 254 Å². The maximum Gasteiger partial charge on any atom is -1.00 e. The molecular weight excluding hydrogens is 587 g/mol. The average molecular weight is 644 g/mol.